The SMILES string of the molecule is CCc1ccc([C@H](NC(=S)NCCN(C)C)c2cccs2)cc1. The predicted molar refractivity (Wildman–Crippen MR) is 104 cm³/mol. The molecule has 2 aromatic rings. The van der Waals surface area contributed by atoms with Crippen LogP contribution < -0.4 is 10.6 Å². The van der Waals surface area contributed by atoms with E-state index < -0.39 is 0 Å². The summed E-state index contributed by atoms with van der Waals surface area (Å²) in [4.78, 5) is 3.40. The van der Waals surface area contributed by atoms with E-state index in [0.717, 1.165) is 19.5 Å². The maximum atomic E-state index is 5.47. The fourth-order valence-corrected chi connectivity index (χ4v) is 3.32. The van der Waals surface area contributed by atoms with Gasteiger partial charge in [0.25, 0.3) is 0 Å². The number of hydrogen-bond donors (Lipinski definition) is 2. The van der Waals surface area contributed by atoms with Crippen molar-refractivity contribution < 1.29 is 0 Å². The molecule has 0 spiro atoms. The van der Waals surface area contributed by atoms with E-state index in [1.165, 1.54) is 16.0 Å². The van der Waals surface area contributed by atoms with Crippen LogP contribution in [0, 0.1) is 0 Å². The average molecular weight is 348 g/mol. The first-order valence-electron chi connectivity index (χ1n) is 7.91. The number of rotatable bonds is 7. The molecule has 5 heteroatoms. The van der Waals surface area contributed by atoms with Gasteiger partial charge in [0.05, 0.1) is 6.04 Å². The first kappa shape index (κ1) is 17.9. The highest BCUT2D eigenvalue weighted by Crippen LogP contribution is 2.26. The van der Waals surface area contributed by atoms with Gasteiger partial charge in [0, 0.05) is 18.0 Å². The molecule has 2 rings (SSSR count). The molecule has 3 nitrogen and oxygen atoms in total. The summed E-state index contributed by atoms with van der Waals surface area (Å²) in [5.74, 6) is 0. The Kier molecular flexibility index (Phi) is 7.02. The number of likely N-dealkylation sites (N-methyl/N-ethyl adjacent to an activating group) is 1. The third-order valence-electron chi connectivity index (χ3n) is 3.67. The van der Waals surface area contributed by atoms with Gasteiger partial charge >= 0.3 is 0 Å². The lowest BCUT2D eigenvalue weighted by atomic mass is 10.0. The number of aryl methyl sites for hydroxylation is 1. The Morgan fingerprint density at radius 1 is 1.22 bits per heavy atom. The minimum Gasteiger partial charge on any atom is -0.361 e. The van der Waals surface area contributed by atoms with Crippen LogP contribution >= 0.6 is 23.6 Å². The van der Waals surface area contributed by atoms with Crippen LogP contribution in [0.5, 0.6) is 0 Å². The largest absolute Gasteiger partial charge is 0.361 e. The zero-order valence-electron chi connectivity index (χ0n) is 14.0. The molecule has 0 fully saturated rings. The predicted octanol–water partition coefficient (Wildman–Crippen LogP) is 3.43. The van der Waals surface area contributed by atoms with E-state index in [9.17, 15) is 0 Å². The second kappa shape index (κ2) is 9.01. The van der Waals surface area contributed by atoms with E-state index in [0.29, 0.717) is 5.11 Å². The molecule has 0 aliphatic rings. The van der Waals surface area contributed by atoms with Gasteiger partial charge in [0.15, 0.2) is 5.11 Å². The summed E-state index contributed by atoms with van der Waals surface area (Å²) >= 11 is 7.22. The van der Waals surface area contributed by atoms with Crippen molar-refractivity contribution >= 4 is 28.7 Å². The molecular weight excluding hydrogens is 322 g/mol. The van der Waals surface area contributed by atoms with Crippen LogP contribution in [0.25, 0.3) is 0 Å². The molecule has 0 saturated carbocycles. The minimum absolute atomic E-state index is 0.0975. The number of hydrogen-bond acceptors (Lipinski definition) is 3. The molecule has 124 valence electrons. The Morgan fingerprint density at radius 2 is 1.96 bits per heavy atom. The molecule has 0 bridgehead atoms. The standard InChI is InChI=1S/C18H25N3S2/c1-4-14-7-9-15(10-8-14)17(16-6-5-13-23-16)20-18(22)19-11-12-21(2)3/h5-10,13,17H,4,11-12H2,1-3H3,(H2,19,20,22)/t17-/m0/s1. The van der Waals surface area contributed by atoms with E-state index in [-0.39, 0.29) is 6.04 Å². The van der Waals surface area contributed by atoms with Crippen molar-refractivity contribution in [3.8, 4) is 0 Å². The molecule has 0 aliphatic heterocycles. The summed E-state index contributed by atoms with van der Waals surface area (Å²) in [6.45, 7) is 3.97. The van der Waals surface area contributed by atoms with Crippen molar-refractivity contribution in [2.75, 3.05) is 27.2 Å². The highest BCUT2D eigenvalue weighted by molar-refractivity contribution is 7.80. The fraction of sp³-hybridized carbons (Fsp3) is 0.389. The van der Waals surface area contributed by atoms with Gasteiger partial charge in [-0.25, -0.2) is 0 Å². The molecule has 1 heterocycles. The topological polar surface area (TPSA) is 27.3 Å². The normalized spacial score (nSPS) is 12.2. The van der Waals surface area contributed by atoms with Crippen molar-refractivity contribution in [3.05, 3.63) is 57.8 Å². The summed E-state index contributed by atoms with van der Waals surface area (Å²) in [6, 6.07) is 13.1. The summed E-state index contributed by atoms with van der Waals surface area (Å²) < 4.78 is 0. The maximum absolute atomic E-state index is 5.47. The number of nitrogens with zero attached hydrogens (tertiary/aromatic N) is 1. The zero-order valence-corrected chi connectivity index (χ0v) is 15.6. The first-order chi connectivity index (χ1) is 11.1. The van der Waals surface area contributed by atoms with Gasteiger partial charge in [-0.3, -0.25) is 0 Å². The molecule has 0 aliphatic carbocycles. The van der Waals surface area contributed by atoms with Crippen LogP contribution in [0.4, 0.5) is 0 Å². The fourth-order valence-electron chi connectivity index (χ4n) is 2.30. The second-order valence-electron chi connectivity index (χ2n) is 5.75. The van der Waals surface area contributed by atoms with Crippen molar-refractivity contribution in [2.24, 2.45) is 0 Å². The van der Waals surface area contributed by atoms with Crippen LogP contribution in [-0.4, -0.2) is 37.2 Å². The second-order valence-corrected chi connectivity index (χ2v) is 7.13. The average Bonchev–Trinajstić information content (AvgIpc) is 3.06. The van der Waals surface area contributed by atoms with Gasteiger partial charge < -0.3 is 15.5 Å². The van der Waals surface area contributed by atoms with Gasteiger partial charge in [0.1, 0.15) is 0 Å². The van der Waals surface area contributed by atoms with Crippen molar-refractivity contribution in [1.29, 1.82) is 0 Å². The van der Waals surface area contributed by atoms with Gasteiger partial charge in [-0.05, 0) is 55.3 Å². The van der Waals surface area contributed by atoms with Crippen LogP contribution in [0.3, 0.4) is 0 Å². The molecule has 1 aromatic heterocycles. The molecule has 23 heavy (non-hydrogen) atoms. The van der Waals surface area contributed by atoms with Gasteiger partial charge in [-0.1, -0.05) is 37.3 Å². The van der Waals surface area contributed by atoms with Crippen LogP contribution in [0.15, 0.2) is 41.8 Å². The van der Waals surface area contributed by atoms with Crippen molar-refractivity contribution in [2.45, 2.75) is 19.4 Å². The smallest absolute Gasteiger partial charge is 0.167 e. The molecule has 0 amide bonds. The Morgan fingerprint density at radius 3 is 2.52 bits per heavy atom. The van der Waals surface area contributed by atoms with Crippen molar-refractivity contribution in [3.63, 3.8) is 0 Å². The molecule has 1 aromatic carbocycles. The lowest BCUT2D eigenvalue weighted by Gasteiger charge is -2.21. The number of benzene rings is 1. The highest BCUT2D eigenvalue weighted by Gasteiger charge is 2.16. The highest BCUT2D eigenvalue weighted by atomic mass is 32.1. The zero-order chi connectivity index (χ0) is 16.7. The Balaban J connectivity index is 2.07. The summed E-state index contributed by atoms with van der Waals surface area (Å²) in [6.07, 6.45) is 1.06. The van der Waals surface area contributed by atoms with E-state index in [1.807, 2.05) is 0 Å². The quantitative estimate of drug-likeness (QED) is 0.751. The van der Waals surface area contributed by atoms with E-state index in [4.69, 9.17) is 12.2 Å². The lowest BCUT2D eigenvalue weighted by Crippen LogP contribution is -2.40. The first-order valence-corrected chi connectivity index (χ1v) is 9.20. The maximum Gasteiger partial charge on any atom is 0.167 e. The lowest BCUT2D eigenvalue weighted by molar-refractivity contribution is 0.412. The van der Waals surface area contributed by atoms with E-state index in [1.54, 1.807) is 11.3 Å². The number of nitrogens with one attached hydrogen (secondary N) is 2. The van der Waals surface area contributed by atoms with Crippen LogP contribution in [0.2, 0.25) is 0 Å². The van der Waals surface area contributed by atoms with Crippen LogP contribution in [-0.2, 0) is 6.42 Å². The number of thiocarbonyl (C=S) groups is 1. The van der Waals surface area contributed by atoms with Gasteiger partial charge in [-0.2, -0.15) is 0 Å². The number of thiophene rings is 1. The summed E-state index contributed by atoms with van der Waals surface area (Å²) in [7, 11) is 4.11. The van der Waals surface area contributed by atoms with Gasteiger partial charge in [-0.15, -0.1) is 11.3 Å². The Bertz CT molecular complexity index is 591. The van der Waals surface area contributed by atoms with E-state index >= 15 is 0 Å². The van der Waals surface area contributed by atoms with Crippen molar-refractivity contribution in [1.82, 2.24) is 15.5 Å². The third kappa shape index (κ3) is 5.61. The monoisotopic (exact) mass is 347 g/mol. The Labute approximate surface area is 148 Å². The van der Waals surface area contributed by atoms with E-state index in [2.05, 4.69) is 78.3 Å². The Hall–Kier alpha value is -1.43. The third-order valence-corrected chi connectivity index (χ3v) is 4.87. The molecule has 1 atom stereocenters. The molecule has 0 unspecified atom stereocenters. The minimum atomic E-state index is 0.0975. The summed E-state index contributed by atoms with van der Waals surface area (Å²) in [5.41, 5.74) is 2.59. The molecule has 0 radical (unpaired) electrons. The summed E-state index contributed by atoms with van der Waals surface area (Å²) in [5, 5.41) is 9.54. The molecule has 2 N–H and O–H groups in total. The van der Waals surface area contributed by atoms with Gasteiger partial charge in [0.2, 0.25) is 0 Å². The van der Waals surface area contributed by atoms with Crippen LogP contribution in [0.1, 0.15) is 29.0 Å². The molecule has 0 saturated heterocycles. The molecular formula is C18H25N3S2.